The van der Waals surface area contributed by atoms with E-state index >= 15 is 0 Å². The molecule has 0 saturated carbocycles. The predicted octanol–water partition coefficient (Wildman–Crippen LogP) is 1.64. The second-order valence-electron chi connectivity index (χ2n) is 5.01. The highest BCUT2D eigenvalue weighted by atomic mass is 16.1. The van der Waals surface area contributed by atoms with E-state index in [2.05, 4.69) is 29.5 Å². The van der Waals surface area contributed by atoms with Crippen LogP contribution >= 0.6 is 0 Å². The van der Waals surface area contributed by atoms with Gasteiger partial charge in [-0.05, 0) is 37.0 Å². The van der Waals surface area contributed by atoms with Crippen LogP contribution in [0.2, 0.25) is 0 Å². The number of amides is 1. The fraction of sp³-hybridized carbons (Fsp3) is 0.571. The van der Waals surface area contributed by atoms with E-state index in [9.17, 15) is 4.79 Å². The number of hydrogen-bond acceptors (Lipinski definition) is 3. The molecule has 0 aliphatic heterocycles. The maximum absolute atomic E-state index is 11.6. The van der Waals surface area contributed by atoms with Crippen LogP contribution in [0.3, 0.4) is 0 Å². The van der Waals surface area contributed by atoms with Gasteiger partial charge in [0.1, 0.15) is 0 Å². The van der Waals surface area contributed by atoms with Crippen LogP contribution in [-0.4, -0.2) is 23.5 Å². The van der Waals surface area contributed by atoms with Gasteiger partial charge in [0.25, 0.3) is 0 Å². The van der Waals surface area contributed by atoms with E-state index in [0.29, 0.717) is 19.0 Å². The molecule has 100 valence electrons. The summed E-state index contributed by atoms with van der Waals surface area (Å²) in [5, 5.41) is 6.11. The lowest BCUT2D eigenvalue weighted by Gasteiger charge is -2.17. The van der Waals surface area contributed by atoms with Crippen molar-refractivity contribution in [3.63, 3.8) is 0 Å². The number of hydrogen-bond donors (Lipinski definition) is 2. The van der Waals surface area contributed by atoms with Crippen LogP contribution in [0.1, 0.15) is 31.9 Å². The summed E-state index contributed by atoms with van der Waals surface area (Å²) >= 11 is 0. The van der Waals surface area contributed by atoms with Crippen molar-refractivity contribution in [2.45, 2.75) is 40.3 Å². The number of carbonyl (C=O) groups is 1. The number of aromatic nitrogens is 1. The second-order valence-corrected chi connectivity index (χ2v) is 5.01. The summed E-state index contributed by atoms with van der Waals surface area (Å²) in [6.07, 6.45) is 3.60. The van der Waals surface area contributed by atoms with Crippen molar-refractivity contribution in [2.75, 3.05) is 6.54 Å². The summed E-state index contributed by atoms with van der Waals surface area (Å²) < 4.78 is 0. The SMILES string of the molecule is Cc1cnccc1CNCC(=O)NC(C)C(C)C. The van der Waals surface area contributed by atoms with Crippen LogP contribution in [0.25, 0.3) is 0 Å². The summed E-state index contributed by atoms with van der Waals surface area (Å²) in [6, 6.07) is 2.18. The first-order chi connectivity index (χ1) is 8.50. The molecule has 1 amide bonds. The van der Waals surface area contributed by atoms with Crippen molar-refractivity contribution >= 4 is 5.91 Å². The van der Waals surface area contributed by atoms with E-state index in [1.165, 1.54) is 5.56 Å². The topological polar surface area (TPSA) is 54.0 Å². The Kier molecular flexibility index (Phi) is 5.78. The highest BCUT2D eigenvalue weighted by molar-refractivity contribution is 5.78. The molecule has 1 rings (SSSR count). The first kappa shape index (κ1) is 14.6. The molecular weight excluding hydrogens is 226 g/mol. The fourth-order valence-corrected chi connectivity index (χ4v) is 1.48. The van der Waals surface area contributed by atoms with Gasteiger partial charge in [-0.2, -0.15) is 0 Å². The minimum absolute atomic E-state index is 0.0444. The van der Waals surface area contributed by atoms with Gasteiger partial charge < -0.3 is 10.6 Å². The summed E-state index contributed by atoms with van der Waals surface area (Å²) in [6.45, 7) is 9.27. The Hall–Kier alpha value is -1.42. The molecule has 0 saturated heterocycles. The van der Waals surface area contributed by atoms with Crippen LogP contribution < -0.4 is 10.6 Å². The second kappa shape index (κ2) is 7.11. The van der Waals surface area contributed by atoms with Crippen molar-refractivity contribution in [1.29, 1.82) is 0 Å². The number of rotatable bonds is 6. The van der Waals surface area contributed by atoms with Crippen LogP contribution in [-0.2, 0) is 11.3 Å². The third-order valence-corrected chi connectivity index (χ3v) is 3.13. The number of nitrogens with zero attached hydrogens (tertiary/aromatic N) is 1. The van der Waals surface area contributed by atoms with Gasteiger partial charge in [0.15, 0.2) is 0 Å². The lowest BCUT2D eigenvalue weighted by Crippen LogP contribution is -2.41. The maximum Gasteiger partial charge on any atom is 0.234 e. The number of nitrogens with one attached hydrogen (secondary N) is 2. The first-order valence-corrected chi connectivity index (χ1v) is 6.40. The van der Waals surface area contributed by atoms with Gasteiger partial charge in [0.05, 0.1) is 6.54 Å². The van der Waals surface area contributed by atoms with E-state index in [1.54, 1.807) is 6.20 Å². The summed E-state index contributed by atoms with van der Waals surface area (Å²) in [5.41, 5.74) is 2.32. The minimum atomic E-state index is 0.0444. The zero-order chi connectivity index (χ0) is 13.5. The summed E-state index contributed by atoms with van der Waals surface area (Å²) in [7, 11) is 0. The standard InChI is InChI=1S/C14H23N3O/c1-10(2)12(4)17-14(18)9-16-8-13-5-6-15-7-11(13)3/h5-7,10,12,16H,8-9H2,1-4H3,(H,17,18). The Balaban J connectivity index is 2.30. The Morgan fingerprint density at radius 2 is 2.11 bits per heavy atom. The molecule has 1 unspecified atom stereocenters. The first-order valence-electron chi connectivity index (χ1n) is 6.40. The van der Waals surface area contributed by atoms with Gasteiger partial charge in [-0.25, -0.2) is 0 Å². The van der Waals surface area contributed by atoms with E-state index in [-0.39, 0.29) is 11.9 Å². The number of carbonyl (C=O) groups excluding carboxylic acids is 1. The van der Waals surface area contributed by atoms with Gasteiger partial charge in [-0.1, -0.05) is 13.8 Å². The van der Waals surface area contributed by atoms with E-state index in [1.807, 2.05) is 26.1 Å². The Morgan fingerprint density at radius 3 is 2.72 bits per heavy atom. The van der Waals surface area contributed by atoms with E-state index in [0.717, 1.165) is 5.56 Å². The minimum Gasteiger partial charge on any atom is -0.352 e. The normalized spacial score (nSPS) is 12.5. The number of pyridine rings is 1. The largest absolute Gasteiger partial charge is 0.352 e. The van der Waals surface area contributed by atoms with Crippen LogP contribution in [0, 0.1) is 12.8 Å². The lowest BCUT2D eigenvalue weighted by atomic mass is 10.1. The zero-order valence-corrected chi connectivity index (χ0v) is 11.7. The molecular formula is C14H23N3O. The number of aryl methyl sites for hydroxylation is 1. The molecule has 1 heterocycles. The van der Waals surface area contributed by atoms with Gasteiger partial charge in [0, 0.05) is 25.0 Å². The molecule has 4 nitrogen and oxygen atoms in total. The average Bonchev–Trinajstić information content (AvgIpc) is 2.31. The molecule has 0 spiro atoms. The monoisotopic (exact) mass is 249 g/mol. The molecule has 1 atom stereocenters. The maximum atomic E-state index is 11.6. The third kappa shape index (κ3) is 4.84. The van der Waals surface area contributed by atoms with Crippen LogP contribution in [0.4, 0.5) is 0 Å². The Bertz CT molecular complexity index is 390. The van der Waals surface area contributed by atoms with Gasteiger partial charge >= 0.3 is 0 Å². The molecule has 18 heavy (non-hydrogen) atoms. The molecule has 0 radical (unpaired) electrons. The van der Waals surface area contributed by atoms with Crippen molar-refractivity contribution in [2.24, 2.45) is 5.92 Å². The van der Waals surface area contributed by atoms with Crippen molar-refractivity contribution in [3.05, 3.63) is 29.6 Å². The summed E-state index contributed by atoms with van der Waals surface area (Å²) in [5.74, 6) is 0.499. The lowest BCUT2D eigenvalue weighted by molar-refractivity contribution is -0.121. The molecule has 0 fully saturated rings. The molecule has 2 N–H and O–H groups in total. The van der Waals surface area contributed by atoms with Crippen LogP contribution in [0.5, 0.6) is 0 Å². The molecule has 1 aromatic rings. The van der Waals surface area contributed by atoms with Crippen molar-refractivity contribution in [3.8, 4) is 0 Å². The molecule has 0 bridgehead atoms. The quantitative estimate of drug-likeness (QED) is 0.806. The highest BCUT2D eigenvalue weighted by Crippen LogP contribution is 2.03. The van der Waals surface area contributed by atoms with Crippen LogP contribution in [0.15, 0.2) is 18.5 Å². The summed E-state index contributed by atoms with van der Waals surface area (Å²) in [4.78, 5) is 15.7. The molecule has 0 aliphatic carbocycles. The third-order valence-electron chi connectivity index (χ3n) is 3.13. The zero-order valence-electron chi connectivity index (χ0n) is 11.7. The van der Waals surface area contributed by atoms with Gasteiger partial charge in [-0.3, -0.25) is 9.78 Å². The fourth-order valence-electron chi connectivity index (χ4n) is 1.48. The Labute approximate surface area is 109 Å². The van der Waals surface area contributed by atoms with E-state index in [4.69, 9.17) is 0 Å². The van der Waals surface area contributed by atoms with Gasteiger partial charge in [-0.15, -0.1) is 0 Å². The highest BCUT2D eigenvalue weighted by Gasteiger charge is 2.10. The van der Waals surface area contributed by atoms with E-state index < -0.39 is 0 Å². The molecule has 0 aromatic carbocycles. The van der Waals surface area contributed by atoms with Gasteiger partial charge in [0.2, 0.25) is 5.91 Å². The molecule has 4 heteroatoms. The van der Waals surface area contributed by atoms with Crippen molar-refractivity contribution in [1.82, 2.24) is 15.6 Å². The smallest absolute Gasteiger partial charge is 0.234 e. The van der Waals surface area contributed by atoms with Crippen molar-refractivity contribution < 1.29 is 4.79 Å². The predicted molar refractivity (Wildman–Crippen MR) is 73.1 cm³/mol. The molecule has 1 aromatic heterocycles. The average molecular weight is 249 g/mol. The Morgan fingerprint density at radius 1 is 1.39 bits per heavy atom. The molecule has 0 aliphatic rings.